The molecular formula is C36H52O8. The molecule has 3 fully saturated rings. The Morgan fingerprint density at radius 1 is 0.750 bits per heavy atom. The molecule has 44 heavy (non-hydrogen) atoms. The van der Waals surface area contributed by atoms with Crippen molar-refractivity contribution in [1.29, 1.82) is 0 Å². The molecule has 0 unspecified atom stereocenters. The van der Waals surface area contributed by atoms with Gasteiger partial charge in [0.15, 0.2) is 6.10 Å². The van der Waals surface area contributed by atoms with Crippen LogP contribution in [0.5, 0.6) is 0 Å². The normalized spacial score (nSPS) is 43.8. The zero-order chi connectivity index (χ0) is 32.7. The largest absolute Gasteiger partial charge is 0.468 e. The molecule has 0 bridgehead atoms. The molecule has 8 heteroatoms. The van der Waals surface area contributed by atoms with Crippen LogP contribution in [0.1, 0.15) is 107 Å². The van der Waals surface area contributed by atoms with Gasteiger partial charge >= 0.3 is 23.9 Å². The molecule has 5 aliphatic rings. The molecule has 0 heterocycles. The van der Waals surface area contributed by atoms with Crippen LogP contribution in [0.3, 0.4) is 0 Å². The summed E-state index contributed by atoms with van der Waals surface area (Å²) >= 11 is 0. The van der Waals surface area contributed by atoms with E-state index in [9.17, 15) is 19.2 Å². The molecule has 0 aromatic carbocycles. The molecule has 0 aromatic rings. The summed E-state index contributed by atoms with van der Waals surface area (Å²) in [5, 5.41) is 0. The van der Waals surface area contributed by atoms with Crippen LogP contribution < -0.4 is 0 Å². The average molecular weight is 613 g/mol. The van der Waals surface area contributed by atoms with Gasteiger partial charge in [0.2, 0.25) is 0 Å². The van der Waals surface area contributed by atoms with Crippen molar-refractivity contribution in [3.63, 3.8) is 0 Å². The molecule has 9 atom stereocenters. The summed E-state index contributed by atoms with van der Waals surface area (Å²) in [4.78, 5) is 52.0. The molecule has 5 rings (SSSR count). The Hall–Kier alpha value is -2.64. The van der Waals surface area contributed by atoms with E-state index in [1.807, 2.05) is 6.92 Å². The van der Waals surface area contributed by atoms with Crippen LogP contribution in [0.2, 0.25) is 0 Å². The zero-order valence-corrected chi connectivity index (χ0v) is 28.4. The summed E-state index contributed by atoms with van der Waals surface area (Å²) < 4.78 is 22.6. The van der Waals surface area contributed by atoms with Gasteiger partial charge in [-0.15, -0.1) is 0 Å². The van der Waals surface area contributed by atoms with Crippen molar-refractivity contribution in [3.8, 4) is 0 Å². The van der Waals surface area contributed by atoms with Gasteiger partial charge in [-0.2, -0.15) is 0 Å². The number of allylic oxidation sites excluding steroid dienone is 3. The summed E-state index contributed by atoms with van der Waals surface area (Å²) in [5.74, 6) is -1.60. The summed E-state index contributed by atoms with van der Waals surface area (Å²) in [6, 6.07) is 0. The fourth-order valence-corrected chi connectivity index (χ4v) is 11.1. The lowest BCUT2D eigenvalue weighted by Crippen LogP contribution is -2.69. The minimum absolute atomic E-state index is 0.0258. The van der Waals surface area contributed by atoms with E-state index in [1.54, 1.807) is 0 Å². The summed E-state index contributed by atoms with van der Waals surface area (Å²) in [5.41, 5.74) is -0.239. The van der Waals surface area contributed by atoms with Crippen molar-refractivity contribution in [3.05, 3.63) is 23.3 Å². The van der Waals surface area contributed by atoms with E-state index >= 15 is 0 Å². The highest BCUT2D eigenvalue weighted by Crippen LogP contribution is 2.75. The standard InChI is InChI=1S/C36H52O8/c1-21(37)43-25-20-32(5)26-12-11-23-24-19-31(3,4)15-17-36(24,30(40)42-10)18-16-33(23,6)34(26,7)14-13-27(32)35(8,29(39)41-9)28(25)44-22(2)38/h11,19,25-28H,12-18,20H2,1-10H3/t25-,26-,27+,28+,32-,33-,34-,35-,36+/m1/s1. The minimum Gasteiger partial charge on any atom is -0.468 e. The van der Waals surface area contributed by atoms with E-state index in [0.717, 1.165) is 50.5 Å². The number of hydrogen-bond donors (Lipinski definition) is 0. The molecule has 0 saturated heterocycles. The van der Waals surface area contributed by atoms with Gasteiger partial charge in [0.05, 0.1) is 19.6 Å². The zero-order valence-electron chi connectivity index (χ0n) is 28.4. The van der Waals surface area contributed by atoms with Gasteiger partial charge in [0.1, 0.15) is 11.5 Å². The Labute approximate surface area is 262 Å². The highest BCUT2D eigenvalue weighted by molar-refractivity contribution is 5.84. The lowest BCUT2D eigenvalue weighted by molar-refractivity contribution is -0.248. The van der Waals surface area contributed by atoms with E-state index in [1.165, 1.54) is 33.6 Å². The van der Waals surface area contributed by atoms with Crippen LogP contribution in [-0.4, -0.2) is 50.3 Å². The second-order valence-electron chi connectivity index (χ2n) is 16.0. The molecule has 8 nitrogen and oxygen atoms in total. The fraction of sp³-hybridized carbons (Fsp3) is 0.778. The Morgan fingerprint density at radius 2 is 1.36 bits per heavy atom. The molecule has 5 aliphatic carbocycles. The molecule has 244 valence electrons. The van der Waals surface area contributed by atoms with Gasteiger partial charge in [-0.1, -0.05) is 46.8 Å². The first-order valence-electron chi connectivity index (χ1n) is 16.3. The van der Waals surface area contributed by atoms with E-state index < -0.39 is 46.4 Å². The number of esters is 4. The first-order chi connectivity index (χ1) is 20.4. The third kappa shape index (κ3) is 4.35. The molecule has 0 amide bonds. The fourth-order valence-electron chi connectivity index (χ4n) is 11.1. The van der Waals surface area contributed by atoms with E-state index in [0.29, 0.717) is 6.42 Å². The van der Waals surface area contributed by atoms with Gasteiger partial charge in [0.25, 0.3) is 0 Å². The van der Waals surface area contributed by atoms with Crippen molar-refractivity contribution < 1.29 is 38.1 Å². The van der Waals surface area contributed by atoms with Crippen LogP contribution in [0.4, 0.5) is 0 Å². The number of rotatable bonds is 4. The first kappa shape index (κ1) is 32.7. The summed E-state index contributed by atoms with van der Waals surface area (Å²) in [6.07, 6.45) is 9.14. The molecule has 0 N–H and O–H groups in total. The second-order valence-corrected chi connectivity index (χ2v) is 16.0. The van der Waals surface area contributed by atoms with Gasteiger partial charge in [-0.25, -0.2) is 0 Å². The van der Waals surface area contributed by atoms with Crippen LogP contribution >= 0.6 is 0 Å². The molecular weight excluding hydrogens is 560 g/mol. The maximum Gasteiger partial charge on any atom is 0.316 e. The Morgan fingerprint density at radius 3 is 1.95 bits per heavy atom. The predicted molar refractivity (Wildman–Crippen MR) is 164 cm³/mol. The Kier molecular flexibility index (Phi) is 7.78. The lowest BCUT2D eigenvalue weighted by Gasteiger charge is -2.70. The van der Waals surface area contributed by atoms with Crippen LogP contribution in [0.15, 0.2) is 23.3 Å². The van der Waals surface area contributed by atoms with Crippen molar-refractivity contribution in [1.82, 2.24) is 0 Å². The molecule has 0 aliphatic heterocycles. The minimum atomic E-state index is -1.21. The van der Waals surface area contributed by atoms with Crippen molar-refractivity contribution >= 4 is 23.9 Å². The van der Waals surface area contributed by atoms with Gasteiger partial charge in [-0.05, 0) is 103 Å². The van der Waals surface area contributed by atoms with E-state index in [-0.39, 0.29) is 34.1 Å². The quantitative estimate of drug-likeness (QED) is 0.262. The molecule has 0 radical (unpaired) electrons. The van der Waals surface area contributed by atoms with Crippen LogP contribution in [-0.2, 0) is 38.1 Å². The molecule has 0 aromatic heterocycles. The number of carbonyl (C=O) groups is 4. The predicted octanol–water partition coefficient (Wildman–Crippen LogP) is 6.51. The van der Waals surface area contributed by atoms with E-state index in [4.69, 9.17) is 18.9 Å². The lowest BCUT2D eigenvalue weighted by atomic mass is 9.34. The maximum atomic E-state index is 13.8. The second kappa shape index (κ2) is 10.4. The van der Waals surface area contributed by atoms with Crippen molar-refractivity contribution in [2.24, 2.45) is 44.3 Å². The van der Waals surface area contributed by atoms with Crippen LogP contribution in [0, 0.1) is 44.3 Å². The van der Waals surface area contributed by atoms with Crippen LogP contribution in [0.25, 0.3) is 0 Å². The highest BCUT2D eigenvalue weighted by Gasteiger charge is 2.72. The summed E-state index contributed by atoms with van der Waals surface area (Å²) in [7, 11) is 2.87. The number of methoxy groups -OCH3 is 2. The van der Waals surface area contributed by atoms with Gasteiger partial charge < -0.3 is 18.9 Å². The third-order valence-electron chi connectivity index (χ3n) is 13.4. The first-order valence-corrected chi connectivity index (χ1v) is 16.3. The molecule has 0 spiro atoms. The van der Waals surface area contributed by atoms with E-state index in [2.05, 4.69) is 46.8 Å². The Balaban J connectivity index is 1.67. The van der Waals surface area contributed by atoms with Crippen molar-refractivity contribution in [2.75, 3.05) is 14.2 Å². The molecule has 3 saturated carbocycles. The smallest absolute Gasteiger partial charge is 0.316 e. The SMILES string of the molecule is COC(=O)[C@]12CCC(C)(C)C=C1C1=CC[C@@H]3[C@@]4(C)C[C@@H](OC(C)=O)[C@H](OC(C)=O)[C@](C)(C(=O)OC)[C@H]4CC[C@@]3(C)[C@]1(C)CC2. The number of hydrogen-bond acceptors (Lipinski definition) is 8. The Bertz CT molecular complexity index is 1330. The number of carbonyl (C=O) groups excluding carboxylic acids is 4. The van der Waals surface area contributed by atoms with Crippen molar-refractivity contribution in [2.45, 2.75) is 119 Å². The maximum absolute atomic E-state index is 13.8. The topological polar surface area (TPSA) is 105 Å². The third-order valence-corrected chi connectivity index (χ3v) is 13.4. The number of fused-ring (bicyclic) bond motifs is 7. The van der Waals surface area contributed by atoms with Gasteiger partial charge in [0, 0.05) is 13.8 Å². The summed E-state index contributed by atoms with van der Waals surface area (Å²) in [6.45, 7) is 16.0. The monoisotopic (exact) mass is 612 g/mol. The van der Waals surface area contributed by atoms with Gasteiger partial charge in [-0.3, -0.25) is 19.2 Å². The highest BCUT2D eigenvalue weighted by atomic mass is 16.6. The average Bonchev–Trinajstić information content (AvgIpc) is 2.93. The number of ether oxygens (including phenoxy) is 4.